The lowest BCUT2D eigenvalue weighted by molar-refractivity contribution is -0.126. The van der Waals surface area contributed by atoms with Crippen LogP contribution in [0.3, 0.4) is 0 Å². The Morgan fingerprint density at radius 3 is 2.85 bits per heavy atom. The van der Waals surface area contributed by atoms with Crippen molar-refractivity contribution in [1.29, 1.82) is 0 Å². The molecular formula is C22H28N2OS. The summed E-state index contributed by atoms with van der Waals surface area (Å²) >= 11 is 1.66. The van der Waals surface area contributed by atoms with Gasteiger partial charge in [-0.3, -0.25) is 4.79 Å². The van der Waals surface area contributed by atoms with Crippen LogP contribution in [-0.4, -0.2) is 48.9 Å². The number of hydrogen-bond donors (Lipinski definition) is 0. The Labute approximate surface area is 160 Å². The van der Waals surface area contributed by atoms with Gasteiger partial charge in [-0.25, -0.2) is 0 Å². The van der Waals surface area contributed by atoms with E-state index < -0.39 is 0 Å². The zero-order valence-corrected chi connectivity index (χ0v) is 16.3. The second-order valence-electron chi connectivity index (χ2n) is 7.14. The van der Waals surface area contributed by atoms with Gasteiger partial charge in [0.1, 0.15) is 0 Å². The summed E-state index contributed by atoms with van der Waals surface area (Å²) in [4.78, 5) is 18.4. The number of likely N-dealkylation sites (tertiary alicyclic amines) is 1. The van der Waals surface area contributed by atoms with E-state index in [0.717, 1.165) is 30.9 Å². The molecule has 3 nitrogen and oxygen atoms in total. The molecule has 4 heteroatoms. The van der Waals surface area contributed by atoms with Gasteiger partial charge in [0.15, 0.2) is 0 Å². The van der Waals surface area contributed by atoms with Crippen molar-refractivity contribution in [3.63, 3.8) is 0 Å². The molecule has 1 aromatic heterocycles. The fourth-order valence-electron chi connectivity index (χ4n) is 3.58. The summed E-state index contributed by atoms with van der Waals surface area (Å²) in [5.74, 6) is 0.700. The quantitative estimate of drug-likeness (QED) is 0.685. The molecule has 26 heavy (non-hydrogen) atoms. The van der Waals surface area contributed by atoms with Crippen molar-refractivity contribution >= 4 is 23.3 Å². The number of hydrogen-bond acceptors (Lipinski definition) is 3. The van der Waals surface area contributed by atoms with Gasteiger partial charge in [0.05, 0.1) is 0 Å². The fraction of sp³-hybridized carbons (Fsp3) is 0.409. The fourth-order valence-corrected chi connectivity index (χ4v) is 4.20. The Morgan fingerprint density at radius 2 is 2.12 bits per heavy atom. The molecule has 0 spiro atoms. The highest BCUT2D eigenvalue weighted by atomic mass is 32.1. The summed E-state index contributed by atoms with van der Waals surface area (Å²) in [5.41, 5.74) is 1.29. The molecule has 2 heterocycles. The van der Waals surface area contributed by atoms with Crippen LogP contribution in [-0.2, 0) is 11.2 Å². The number of carbonyl (C=O) groups excluding carboxylic acids is 1. The van der Waals surface area contributed by atoms with E-state index in [2.05, 4.69) is 36.2 Å². The van der Waals surface area contributed by atoms with Crippen molar-refractivity contribution in [2.45, 2.75) is 19.3 Å². The van der Waals surface area contributed by atoms with Crippen LogP contribution in [0.25, 0.3) is 6.08 Å². The summed E-state index contributed by atoms with van der Waals surface area (Å²) < 4.78 is 0. The number of piperidine rings is 1. The van der Waals surface area contributed by atoms with Gasteiger partial charge in [-0.15, -0.1) is 11.3 Å². The highest BCUT2D eigenvalue weighted by molar-refractivity contribution is 7.10. The third kappa shape index (κ3) is 5.82. The normalized spacial score (nSPS) is 18.3. The molecule has 1 unspecified atom stereocenters. The SMILES string of the molecule is CN1CCCC(CN(CCc2ccccc2)C(=O)C=Cc2cccs2)C1. The molecule has 0 bridgehead atoms. The zero-order chi connectivity index (χ0) is 18.2. The van der Waals surface area contributed by atoms with Gasteiger partial charge < -0.3 is 9.80 Å². The van der Waals surface area contributed by atoms with Crippen molar-refractivity contribution in [2.75, 3.05) is 33.2 Å². The summed E-state index contributed by atoms with van der Waals surface area (Å²) in [6.07, 6.45) is 7.03. The van der Waals surface area contributed by atoms with Crippen LogP contribution in [0.2, 0.25) is 0 Å². The van der Waals surface area contributed by atoms with E-state index >= 15 is 0 Å². The highest BCUT2D eigenvalue weighted by Crippen LogP contribution is 2.18. The summed E-state index contributed by atoms with van der Waals surface area (Å²) in [5, 5.41) is 2.04. The second-order valence-corrected chi connectivity index (χ2v) is 8.12. The van der Waals surface area contributed by atoms with E-state index in [1.165, 1.54) is 24.9 Å². The topological polar surface area (TPSA) is 23.6 Å². The summed E-state index contributed by atoms with van der Waals surface area (Å²) in [6, 6.07) is 14.5. The van der Waals surface area contributed by atoms with Crippen LogP contribution in [0, 0.1) is 5.92 Å². The van der Waals surface area contributed by atoms with E-state index in [-0.39, 0.29) is 5.91 Å². The number of carbonyl (C=O) groups is 1. The molecule has 1 atom stereocenters. The summed E-state index contributed by atoms with van der Waals surface area (Å²) in [6.45, 7) is 3.89. The predicted molar refractivity (Wildman–Crippen MR) is 110 cm³/mol. The molecule has 1 saturated heterocycles. The minimum Gasteiger partial charge on any atom is -0.339 e. The lowest BCUT2D eigenvalue weighted by atomic mass is 9.97. The molecule has 0 aliphatic carbocycles. The monoisotopic (exact) mass is 368 g/mol. The highest BCUT2D eigenvalue weighted by Gasteiger charge is 2.22. The summed E-state index contributed by atoms with van der Waals surface area (Å²) in [7, 11) is 2.18. The van der Waals surface area contributed by atoms with Crippen molar-refractivity contribution in [2.24, 2.45) is 5.92 Å². The first kappa shape index (κ1) is 18.9. The van der Waals surface area contributed by atoms with Crippen molar-refractivity contribution in [1.82, 2.24) is 9.80 Å². The number of nitrogens with zero attached hydrogens (tertiary/aromatic N) is 2. The van der Waals surface area contributed by atoms with Gasteiger partial charge >= 0.3 is 0 Å². The molecule has 1 amide bonds. The molecule has 1 aliphatic rings. The van der Waals surface area contributed by atoms with Gasteiger partial charge in [0.25, 0.3) is 0 Å². The first-order valence-corrected chi connectivity index (χ1v) is 10.3. The third-order valence-corrected chi connectivity index (χ3v) is 5.80. The standard InChI is InChI=1S/C22H28N2OS/c1-23-14-5-9-20(17-23)18-24(15-13-19-7-3-2-4-8-19)22(25)12-11-21-10-6-16-26-21/h2-4,6-8,10-12,16,20H,5,9,13-15,17-18H2,1H3. The third-order valence-electron chi connectivity index (χ3n) is 4.96. The largest absolute Gasteiger partial charge is 0.339 e. The van der Waals surface area contributed by atoms with Crippen LogP contribution in [0.15, 0.2) is 53.9 Å². The van der Waals surface area contributed by atoms with Crippen molar-refractivity contribution in [3.05, 3.63) is 64.4 Å². The van der Waals surface area contributed by atoms with Crippen LogP contribution < -0.4 is 0 Å². The average molecular weight is 369 g/mol. The van der Waals surface area contributed by atoms with Crippen molar-refractivity contribution in [3.8, 4) is 0 Å². The van der Waals surface area contributed by atoms with Gasteiger partial charge in [-0.05, 0) is 61.9 Å². The Bertz CT molecular complexity index is 696. The van der Waals surface area contributed by atoms with Crippen LogP contribution in [0.5, 0.6) is 0 Å². The number of amides is 1. The van der Waals surface area contributed by atoms with E-state index in [0.29, 0.717) is 5.92 Å². The average Bonchev–Trinajstić information content (AvgIpc) is 3.17. The lowest BCUT2D eigenvalue weighted by Crippen LogP contribution is -2.42. The Morgan fingerprint density at radius 1 is 1.27 bits per heavy atom. The zero-order valence-electron chi connectivity index (χ0n) is 15.5. The Kier molecular flexibility index (Phi) is 7.04. The van der Waals surface area contributed by atoms with Gasteiger partial charge in [0.2, 0.25) is 5.91 Å². The molecule has 3 rings (SSSR count). The first-order valence-electron chi connectivity index (χ1n) is 9.43. The number of benzene rings is 1. The molecule has 0 N–H and O–H groups in total. The molecule has 1 aliphatic heterocycles. The molecule has 1 aromatic carbocycles. The molecule has 138 valence electrons. The van der Waals surface area contributed by atoms with Gasteiger partial charge in [-0.2, -0.15) is 0 Å². The molecule has 0 saturated carbocycles. The molecule has 1 fully saturated rings. The smallest absolute Gasteiger partial charge is 0.246 e. The first-order chi connectivity index (χ1) is 12.7. The minimum absolute atomic E-state index is 0.127. The van der Waals surface area contributed by atoms with Crippen LogP contribution >= 0.6 is 11.3 Å². The number of thiophene rings is 1. The second kappa shape index (κ2) is 9.70. The predicted octanol–water partition coefficient (Wildman–Crippen LogP) is 4.17. The van der Waals surface area contributed by atoms with Crippen molar-refractivity contribution < 1.29 is 4.79 Å². The van der Waals surface area contributed by atoms with Crippen LogP contribution in [0.4, 0.5) is 0 Å². The Hall–Kier alpha value is -1.91. The molecule has 0 radical (unpaired) electrons. The van der Waals surface area contributed by atoms with Gasteiger partial charge in [0, 0.05) is 30.6 Å². The molecule has 2 aromatic rings. The molecular weight excluding hydrogens is 340 g/mol. The lowest BCUT2D eigenvalue weighted by Gasteiger charge is -2.33. The van der Waals surface area contributed by atoms with E-state index in [9.17, 15) is 4.79 Å². The maximum absolute atomic E-state index is 12.8. The maximum atomic E-state index is 12.8. The minimum atomic E-state index is 0.127. The van der Waals surface area contributed by atoms with E-state index in [1.807, 2.05) is 34.6 Å². The van der Waals surface area contributed by atoms with Gasteiger partial charge in [-0.1, -0.05) is 36.4 Å². The maximum Gasteiger partial charge on any atom is 0.246 e. The van der Waals surface area contributed by atoms with E-state index in [4.69, 9.17) is 0 Å². The van der Waals surface area contributed by atoms with Crippen LogP contribution in [0.1, 0.15) is 23.3 Å². The van der Waals surface area contributed by atoms with E-state index in [1.54, 1.807) is 17.4 Å². The number of rotatable bonds is 7. The Balaban J connectivity index is 1.64.